The van der Waals surface area contributed by atoms with Gasteiger partial charge in [-0.3, -0.25) is 19.4 Å². The highest BCUT2D eigenvalue weighted by atomic mass is 16.7. The Hall–Kier alpha value is -4.83. The van der Waals surface area contributed by atoms with E-state index in [9.17, 15) is 34.8 Å². The molecule has 0 aliphatic carbocycles. The molecule has 15 heteroatoms. The first-order valence-electron chi connectivity index (χ1n) is 21.7. The van der Waals surface area contributed by atoms with Crippen molar-refractivity contribution in [3.8, 4) is 17.2 Å². The van der Waals surface area contributed by atoms with Gasteiger partial charge >= 0.3 is 11.8 Å². The molecule has 0 aromatic heterocycles. The molecule has 1 fully saturated rings. The first kappa shape index (κ1) is 46.7. The largest absolute Gasteiger partial charge is 0.507 e. The lowest BCUT2D eigenvalue weighted by molar-refractivity contribution is -0.160. The van der Waals surface area contributed by atoms with Crippen LogP contribution in [-0.2, 0) is 23.8 Å². The maximum Gasteiger partial charge on any atom is 0.312 e. The lowest BCUT2D eigenvalue weighted by Crippen LogP contribution is -2.50. The summed E-state index contributed by atoms with van der Waals surface area (Å²) in [5.74, 6) is -6.62. The molecule has 6 rings (SSSR count). The van der Waals surface area contributed by atoms with E-state index in [-0.39, 0.29) is 49.7 Å². The number of nitrogens with one attached hydrogen (secondary N) is 1. The molecule has 1 saturated heterocycles. The Bertz CT molecular complexity index is 2330. The highest BCUT2D eigenvalue weighted by molar-refractivity contribution is 6.21. The summed E-state index contributed by atoms with van der Waals surface area (Å²) in [6.07, 6.45) is 5.05. The fourth-order valence-electron chi connectivity index (χ4n) is 9.34. The number of aliphatic hydroxyl groups excluding tert-OH is 2. The summed E-state index contributed by atoms with van der Waals surface area (Å²) in [6, 6.07) is 0.326. The molecule has 0 radical (unpaired) electrons. The number of allylic oxidation sites excluding steroid dienone is 2. The van der Waals surface area contributed by atoms with Gasteiger partial charge in [0.15, 0.2) is 5.75 Å². The zero-order chi connectivity index (χ0) is 45.7. The highest BCUT2D eigenvalue weighted by Crippen LogP contribution is 2.51. The first-order valence-corrected chi connectivity index (χ1v) is 21.7. The summed E-state index contributed by atoms with van der Waals surface area (Å²) in [7, 11) is 1.47. The van der Waals surface area contributed by atoms with Gasteiger partial charge in [-0.2, -0.15) is 0 Å². The van der Waals surface area contributed by atoms with E-state index in [1.165, 1.54) is 27.2 Å². The lowest BCUT2D eigenvalue weighted by Gasteiger charge is -2.41. The lowest BCUT2D eigenvalue weighted by atomic mass is 9.78. The van der Waals surface area contributed by atoms with Crippen LogP contribution < -0.4 is 20.8 Å². The van der Waals surface area contributed by atoms with Gasteiger partial charge in [-0.15, -0.1) is 0 Å². The molecule has 4 heterocycles. The van der Waals surface area contributed by atoms with Gasteiger partial charge in [-0.25, -0.2) is 4.99 Å². The van der Waals surface area contributed by atoms with Crippen LogP contribution in [0.3, 0.4) is 0 Å². The number of benzene rings is 2. The second kappa shape index (κ2) is 17.7. The van der Waals surface area contributed by atoms with Crippen molar-refractivity contribution in [1.29, 1.82) is 0 Å². The Balaban J connectivity index is 1.55. The molecular formula is C47H64N4O11. The van der Waals surface area contributed by atoms with Crippen LogP contribution in [0.2, 0.25) is 0 Å². The number of phenolic OH excluding ortho intramolecular Hbond substituents is 2. The molecule has 4 aliphatic heterocycles. The van der Waals surface area contributed by atoms with Crippen LogP contribution in [0, 0.1) is 36.5 Å². The van der Waals surface area contributed by atoms with E-state index in [2.05, 4.69) is 36.0 Å². The Morgan fingerprint density at radius 1 is 0.952 bits per heavy atom. The van der Waals surface area contributed by atoms with Gasteiger partial charge in [0.05, 0.1) is 41.2 Å². The summed E-state index contributed by atoms with van der Waals surface area (Å²) >= 11 is 0. The maximum atomic E-state index is 14.8. The zero-order valence-corrected chi connectivity index (χ0v) is 38.0. The van der Waals surface area contributed by atoms with Crippen molar-refractivity contribution in [3.63, 3.8) is 0 Å². The van der Waals surface area contributed by atoms with Crippen molar-refractivity contribution in [1.82, 2.24) is 4.90 Å². The van der Waals surface area contributed by atoms with Crippen molar-refractivity contribution in [3.05, 3.63) is 58.0 Å². The molecule has 338 valence electrons. The molecule has 10 atom stereocenters. The minimum Gasteiger partial charge on any atom is -0.507 e. The zero-order valence-electron chi connectivity index (χ0n) is 38.0. The molecule has 5 N–H and O–H groups in total. The molecular weight excluding hydrogens is 797 g/mol. The third-order valence-electron chi connectivity index (χ3n) is 13.8. The third-order valence-corrected chi connectivity index (χ3v) is 13.8. The van der Waals surface area contributed by atoms with Gasteiger partial charge in [0.25, 0.3) is 11.7 Å². The van der Waals surface area contributed by atoms with Crippen molar-refractivity contribution in [2.75, 3.05) is 25.5 Å². The SMILES string of the molecule is CO[C@H]1/C=C/O[C@@]2(C)Oc3c(C)c(O)c4c(O)c(c5c(c4c3C2=O)NC2(CCN(C(C)C(C)C)CC2)N=5)=NC(=O)/C(C)=C\C=C\[C@H](C)[C@H](O)[C@@H](C)[C@@H](O)[C@@H](C)[C@H](OC(C)=O)[C@@H]1C. The van der Waals surface area contributed by atoms with Crippen LogP contribution in [0.1, 0.15) is 98.0 Å². The number of nitrogens with zero attached hydrogens (tertiary/aromatic N) is 3. The summed E-state index contributed by atoms with van der Waals surface area (Å²) in [5.41, 5.74) is -0.130. The van der Waals surface area contributed by atoms with Crippen LogP contribution >= 0.6 is 0 Å². The van der Waals surface area contributed by atoms with Crippen molar-refractivity contribution < 1.29 is 53.8 Å². The number of hydrogen-bond acceptors (Lipinski definition) is 14. The normalized spacial score (nSPS) is 32.9. The summed E-state index contributed by atoms with van der Waals surface area (Å²) in [5, 5.41) is 50.6. The summed E-state index contributed by atoms with van der Waals surface area (Å²) < 4.78 is 24.0. The van der Waals surface area contributed by atoms with Crippen LogP contribution in [0.25, 0.3) is 10.8 Å². The van der Waals surface area contributed by atoms with E-state index < -0.39 is 82.9 Å². The molecule has 2 aromatic carbocycles. The van der Waals surface area contributed by atoms with E-state index in [0.717, 1.165) is 0 Å². The number of ether oxygens (including phenoxy) is 4. The number of aliphatic hydroxyl groups is 2. The number of carbonyl (C=O) groups excluding carboxylic acids is 3. The molecule has 62 heavy (non-hydrogen) atoms. The number of phenols is 2. The van der Waals surface area contributed by atoms with Crippen LogP contribution in [-0.4, -0.2) is 105 Å². The Morgan fingerprint density at radius 3 is 2.23 bits per heavy atom. The van der Waals surface area contributed by atoms with E-state index in [1.54, 1.807) is 65.8 Å². The number of amides is 1. The predicted octanol–water partition coefficient (Wildman–Crippen LogP) is 5.14. The Morgan fingerprint density at radius 2 is 1.61 bits per heavy atom. The molecule has 0 saturated carbocycles. The van der Waals surface area contributed by atoms with Crippen molar-refractivity contribution in [2.24, 2.45) is 39.6 Å². The smallest absolute Gasteiger partial charge is 0.312 e. The molecule has 1 amide bonds. The molecule has 4 aliphatic rings. The standard InChI is InChI=1S/C47H64N4O11/c1-22(2)29(9)51-19-17-47(18-20-51)49-35-32-33-40(55)28(8)43-34(32)44(57)46(11,62-43)60-21-16-31(59-12)25(5)42(61-30(10)52)27(7)39(54)26(6)38(53)23(3)14-13-15-24(4)45(58)48-37(41(33)56)36(35)50-47/h13-16,21-23,25-27,29,31,38-39,42,49,53-56H,17-20H2,1-12H3/b14-13+,21-16+,24-15-,48-37?/t23-,25+,26+,27+,29?,31-,38-,39+,42+,46-/m0/s1. The molecule has 1 unspecified atom stereocenters. The number of ketones is 1. The highest BCUT2D eigenvalue weighted by Gasteiger charge is 2.51. The first-order chi connectivity index (χ1) is 29.1. The van der Waals surface area contributed by atoms with Crippen LogP contribution in [0.15, 0.2) is 46.1 Å². The number of aromatic hydroxyl groups is 2. The third kappa shape index (κ3) is 8.36. The van der Waals surface area contributed by atoms with Crippen LogP contribution in [0.4, 0.5) is 5.69 Å². The van der Waals surface area contributed by atoms with Gasteiger partial charge in [-0.1, -0.05) is 59.8 Å². The van der Waals surface area contributed by atoms with Gasteiger partial charge in [0.1, 0.15) is 34.0 Å². The number of Topliss-reactive ketones (excluding diaryl/α,β-unsaturated/α-hetero) is 1. The number of fused-ring (bicyclic) bond motifs is 1. The van der Waals surface area contributed by atoms with Crippen LogP contribution in [0.5, 0.6) is 17.2 Å². The number of piperidine rings is 1. The molecule has 2 aromatic rings. The van der Waals surface area contributed by atoms with Gasteiger partial charge < -0.3 is 49.6 Å². The van der Waals surface area contributed by atoms with E-state index in [1.807, 2.05) is 0 Å². The topological polar surface area (TPSA) is 209 Å². The number of likely N-dealkylation sites (tertiary alicyclic amines) is 1. The van der Waals surface area contributed by atoms with E-state index >= 15 is 0 Å². The predicted molar refractivity (Wildman–Crippen MR) is 232 cm³/mol. The average molecular weight is 861 g/mol. The molecule has 1 spiro atoms. The van der Waals surface area contributed by atoms with Gasteiger partial charge in [0, 0.05) is 93.1 Å². The van der Waals surface area contributed by atoms with Gasteiger partial charge in [-0.05, 0) is 32.8 Å². The Kier molecular flexibility index (Phi) is 13.4. The number of anilines is 1. The average Bonchev–Trinajstić information content (AvgIpc) is 3.73. The second-order valence-electron chi connectivity index (χ2n) is 18.3. The number of carbonyl (C=O) groups is 3. The van der Waals surface area contributed by atoms with Gasteiger partial charge in [0.2, 0.25) is 0 Å². The monoisotopic (exact) mass is 860 g/mol. The second-order valence-corrected chi connectivity index (χ2v) is 18.3. The number of rotatable bonds is 4. The fraction of sp³-hybridized carbons (Fsp3) is 0.596. The quantitative estimate of drug-likeness (QED) is 0.200. The number of esters is 1. The maximum absolute atomic E-state index is 14.8. The summed E-state index contributed by atoms with van der Waals surface area (Å²) in [4.78, 5) is 53.0. The number of methoxy groups -OCH3 is 1. The number of hydrogen-bond donors (Lipinski definition) is 5. The van der Waals surface area contributed by atoms with Crippen molar-refractivity contribution in [2.45, 2.75) is 131 Å². The van der Waals surface area contributed by atoms with E-state index in [4.69, 9.17) is 23.9 Å². The summed E-state index contributed by atoms with van der Waals surface area (Å²) in [6.45, 7) is 20.9. The molecule has 4 bridgehead atoms. The molecule has 15 nitrogen and oxygen atoms in total. The minimum absolute atomic E-state index is 0.0525. The van der Waals surface area contributed by atoms with Crippen molar-refractivity contribution >= 4 is 34.1 Å². The Labute approximate surface area is 363 Å². The fourth-order valence-corrected chi connectivity index (χ4v) is 9.34. The minimum atomic E-state index is -1.96. The van der Waals surface area contributed by atoms with E-state index in [0.29, 0.717) is 43.6 Å².